The lowest BCUT2D eigenvalue weighted by atomic mass is 10.0. The zero-order valence-corrected chi connectivity index (χ0v) is 22.9. The molecule has 0 saturated carbocycles. The van der Waals surface area contributed by atoms with Gasteiger partial charge in [-0.2, -0.15) is 0 Å². The third kappa shape index (κ3) is 7.76. The third-order valence-electron chi connectivity index (χ3n) is 6.21. The van der Waals surface area contributed by atoms with Gasteiger partial charge in [0.05, 0.1) is 0 Å². The molecule has 10 heteroatoms. The number of nitrogen functional groups attached to an aromatic ring is 1. The number of amides is 1. The summed E-state index contributed by atoms with van der Waals surface area (Å²) < 4.78 is 1.16. The van der Waals surface area contributed by atoms with Gasteiger partial charge >= 0.3 is 0 Å². The first kappa shape index (κ1) is 26.6. The van der Waals surface area contributed by atoms with Crippen LogP contribution in [0.4, 0.5) is 11.6 Å². The number of likely N-dealkylation sites (tertiary alicyclic amines) is 1. The fraction of sp³-hybridized carbons (Fsp3) is 0.346. The zero-order valence-electron chi connectivity index (χ0n) is 20.0. The van der Waals surface area contributed by atoms with Crippen LogP contribution >= 0.6 is 34.2 Å². The molecule has 8 nitrogen and oxygen atoms in total. The predicted molar refractivity (Wildman–Crippen MR) is 153 cm³/mol. The van der Waals surface area contributed by atoms with E-state index < -0.39 is 0 Å². The topological polar surface area (TPSA) is 108 Å². The SMILES string of the molecule is Nc1nc(NCc2ccc(I)cc2)c(Cl)nc1C(=O)NCCN1CCC(NCc2ccccc2)CC1. The number of aromatic nitrogens is 2. The number of nitrogens with zero attached hydrogens (tertiary/aromatic N) is 3. The molecule has 0 unspecified atom stereocenters. The average Bonchev–Trinajstić information content (AvgIpc) is 2.90. The molecule has 0 spiro atoms. The molecule has 1 amide bonds. The van der Waals surface area contributed by atoms with Gasteiger partial charge in [0.1, 0.15) is 0 Å². The Labute approximate surface area is 230 Å². The van der Waals surface area contributed by atoms with Gasteiger partial charge < -0.3 is 26.6 Å². The maximum atomic E-state index is 12.7. The minimum Gasteiger partial charge on any atom is -0.382 e. The number of piperidine rings is 1. The van der Waals surface area contributed by atoms with Crippen molar-refractivity contribution in [2.45, 2.75) is 32.0 Å². The second-order valence-corrected chi connectivity index (χ2v) is 10.4. The van der Waals surface area contributed by atoms with Crippen LogP contribution in [0.5, 0.6) is 0 Å². The fourth-order valence-corrected chi connectivity index (χ4v) is 4.68. The standard InChI is InChI=1S/C26H31ClIN7O/c27-23-25(32-17-19-6-8-20(28)9-7-19)34-24(29)22(33-23)26(36)30-12-15-35-13-10-21(11-14-35)31-16-18-4-2-1-3-5-18/h1-9,21,31H,10-17H2,(H,30,36)(H3,29,32,34). The number of hydrogen-bond donors (Lipinski definition) is 4. The molecular formula is C26H31ClIN7O. The van der Waals surface area contributed by atoms with Crippen LogP contribution in [0.1, 0.15) is 34.5 Å². The van der Waals surface area contributed by atoms with Crippen LogP contribution in [0.25, 0.3) is 0 Å². The van der Waals surface area contributed by atoms with Gasteiger partial charge in [0.25, 0.3) is 5.91 Å². The smallest absolute Gasteiger partial charge is 0.273 e. The lowest BCUT2D eigenvalue weighted by molar-refractivity contribution is 0.0941. The molecule has 0 atom stereocenters. The summed E-state index contributed by atoms with van der Waals surface area (Å²) in [7, 11) is 0. The Bertz CT molecular complexity index is 1140. The monoisotopic (exact) mass is 619 g/mol. The second kappa shape index (κ2) is 13.2. The number of carbonyl (C=O) groups is 1. The van der Waals surface area contributed by atoms with E-state index in [9.17, 15) is 4.79 Å². The number of nitrogens with one attached hydrogen (secondary N) is 3. The highest BCUT2D eigenvalue weighted by atomic mass is 127. The predicted octanol–water partition coefficient (Wildman–Crippen LogP) is 3.91. The summed E-state index contributed by atoms with van der Waals surface area (Å²) in [4.78, 5) is 23.5. The minimum atomic E-state index is -0.370. The molecule has 1 fully saturated rings. The van der Waals surface area contributed by atoms with Gasteiger partial charge in [0, 0.05) is 35.8 Å². The summed E-state index contributed by atoms with van der Waals surface area (Å²) in [5, 5.41) is 9.79. The first-order chi connectivity index (χ1) is 17.5. The van der Waals surface area contributed by atoms with Gasteiger partial charge in [0.2, 0.25) is 0 Å². The molecule has 0 aliphatic carbocycles. The Hall–Kier alpha value is -2.47. The Morgan fingerprint density at radius 1 is 1.03 bits per heavy atom. The van der Waals surface area contributed by atoms with Crippen LogP contribution in [-0.2, 0) is 13.1 Å². The minimum absolute atomic E-state index is 0.0450. The molecule has 5 N–H and O–H groups in total. The molecule has 190 valence electrons. The normalized spacial score (nSPS) is 14.5. The highest BCUT2D eigenvalue weighted by Crippen LogP contribution is 2.21. The molecule has 1 aliphatic rings. The molecule has 1 aromatic heterocycles. The summed E-state index contributed by atoms with van der Waals surface area (Å²) in [6, 6.07) is 19.1. The number of anilines is 2. The summed E-state index contributed by atoms with van der Waals surface area (Å²) in [5.41, 5.74) is 8.45. The Morgan fingerprint density at radius 3 is 2.44 bits per heavy atom. The van der Waals surface area contributed by atoms with Crippen molar-refractivity contribution in [1.29, 1.82) is 0 Å². The van der Waals surface area contributed by atoms with Crippen molar-refractivity contribution in [1.82, 2.24) is 25.5 Å². The van der Waals surface area contributed by atoms with Crippen molar-refractivity contribution in [2.24, 2.45) is 0 Å². The van der Waals surface area contributed by atoms with Crippen molar-refractivity contribution < 1.29 is 4.79 Å². The van der Waals surface area contributed by atoms with Gasteiger partial charge in [-0.25, -0.2) is 9.97 Å². The van der Waals surface area contributed by atoms with Crippen LogP contribution in [0.15, 0.2) is 54.6 Å². The lowest BCUT2D eigenvalue weighted by Gasteiger charge is -2.32. The summed E-state index contributed by atoms with van der Waals surface area (Å²) in [5.74, 6) is 0.0332. The van der Waals surface area contributed by atoms with E-state index in [1.54, 1.807) is 0 Å². The number of carbonyl (C=O) groups excluding carboxylic acids is 1. The van der Waals surface area contributed by atoms with E-state index in [0.29, 0.717) is 24.9 Å². The lowest BCUT2D eigenvalue weighted by Crippen LogP contribution is -2.44. The number of halogens is 2. The number of nitrogens with two attached hydrogens (primary N) is 1. The van der Waals surface area contributed by atoms with Crippen molar-refractivity contribution in [3.8, 4) is 0 Å². The number of benzene rings is 2. The highest BCUT2D eigenvalue weighted by molar-refractivity contribution is 14.1. The van der Waals surface area contributed by atoms with Crippen molar-refractivity contribution in [2.75, 3.05) is 37.2 Å². The van der Waals surface area contributed by atoms with Crippen LogP contribution in [0, 0.1) is 3.57 Å². The van der Waals surface area contributed by atoms with E-state index in [-0.39, 0.29) is 22.6 Å². The Kier molecular flexibility index (Phi) is 9.74. The second-order valence-electron chi connectivity index (χ2n) is 8.82. The van der Waals surface area contributed by atoms with E-state index in [1.807, 2.05) is 30.3 Å². The summed E-state index contributed by atoms with van der Waals surface area (Å²) >= 11 is 8.54. The summed E-state index contributed by atoms with van der Waals surface area (Å²) in [6.45, 7) is 4.69. The molecule has 1 saturated heterocycles. The maximum Gasteiger partial charge on any atom is 0.273 e. The molecule has 2 aromatic carbocycles. The summed E-state index contributed by atoms with van der Waals surface area (Å²) in [6.07, 6.45) is 2.18. The van der Waals surface area contributed by atoms with E-state index >= 15 is 0 Å². The first-order valence-corrected chi connectivity index (χ1v) is 13.5. The molecule has 0 bridgehead atoms. The molecule has 36 heavy (non-hydrogen) atoms. The molecule has 3 aromatic rings. The number of rotatable bonds is 10. The van der Waals surface area contributed by atoms with Crippen molar-refractivity contribution >= 4 is 51.7 Å². The van der Waals surface area contributed by atoms with Gasteiger partial charge in [0.15, 0.2) is 22.5 Å². The van der Waals surface area contributed by atoms with E-state index in [2.05, 4.69) is 77.7 Å². The third-order valence-corrected chi connectivity index (χ3v) is 7.19. The largest absolute Gasteiger partial charge is 0.382 e. The Morgan fingerprint density at radius 2 is 1.72 bits per heavy atom. The van der Waals surface area contributed by atoms with Crippen LogP contribution < -0.4 is 21.7 Å². The molecular weight excluding hydrogens is 589 g/mol. The van der Waals surface area contributed by atoms with Crippen molar-refractivity contribution in [3.63, 3.8) is 0 Å². The molecule has 4 rings (SSSR count). The quantitative estimate of drug-likeness (QED) is 0.255. The zero-order chi connectivity index (χ0) is 25.3. The molecule has 0 radical (unpaired) electrons. The van der Waals surface area contributed by atoms with Gasteiger partial charge in [-0.05, 0) is 71.8 Å². The average molecular weight is 620 g/mol. The van der Waals surface area contributed by atoms with Crippen LogP contribution in [-0.4, -0.2) is 53.0 Å². The van der Waals surface area contributed by atoms with Gasteiger partial charge in [-0.3, -0.25) is 4.79 Å². The van der Waals surface area contributed by atoms with Crippen molar-refractivity contribution in [3.05, 3.63) is 80.1 Å². The number of hydrogen-bond acceptors (Lipinski definition) is 7. The maximum absolute atomic E-state index is 12.7. The van der Waals surface area contributed by atoms with Gasteiger partial charge in [-0.1, -0.05) is 54.1 Å². The van der Waals surface area contributed by atoms with E-state index in [1.165, 1.54) is 5.56 Å². The highest BCUT2D eigenvalue weighted by Gasteiger charge is 2.20. The van der Waals surface area contributed by atoms with Gasteiger partial charge in [-0.15, -0.1) is 0 Å². The fourth-order valence-electron chi connectivity index (χ4n) is 4.13. The first-order valence-electron chi connectivity index (χ1n) is 12.1. The molecule has 2 heterocycles. The molecule has 1 aliphatic heterocycles. The van der Waals surface area contributed by atoms with Crippen LogP contribution in [0.2, 0.25) is 5.15 Å². The van der Waals surface area contributed by atoms with E-state index in [4.69, 9.17) is 17.3 Å². The van der Waals surface area contributed by atoms with Crippen LogP contribution in [0.3, 0.4) is 0 Å². The Balaban J connectivity index is 1.19. The van der Waals surface area contributed by atoms with E-state index in [0.717, 1.165) is 48.2 Å².